The average molecular weight is 439 g/mol. The summed E-state index contributed by atoms with van der Waals surface area (Å²) in [6.45, 7) is 1.65. The second-order valence-electron chi connectivity index (χ2n) is 6.65. The summed E-state index contributed by atoms with van der Waals surface area (Å²) in [5.41, 5.74) is 2.03. The van der Waals surface area contributed by atoms with Gasteiger partial charge in [0.25, 0.3) is 5.91 Å². The van der Waals surface area contributed by atoms with Gasteiger partial charge in [0.2, 0.25) is 5.91 Å². The van der Waals surface area contributed by atoms with Crippen LogP contribution in [0.15, 0.2) is 54.6 Å². The number of rotatable bonds is 7. The van der Waals surface area contributed by atoms with Crippen molar-refractivity contribution in [3.05, 3.63) is 76.2 Å². The lowest BCUT2D eigenvalue weighted by molar-refractivity contribution is -0.115. The first-order valence-electron chi connectivity index (χ1n) is 9.43. The van der Waals surface area contributed by atoms with Crippen molar-refractivity contribution in [1.82, 2.24) is 0 Å². The van der Waals surface area contributed by atoms with Crippen LogP contribution in [0.4, 0.5) is 10.7 Å². The highest BCUT2D eigenvalue weighted by molar-refractivity contribution is 7.18. The molecule has 1 aromatic heterocycles. The summed E-state index contributed by atoms with van der Waals surface area (Å²) in [5, 5.41) is 5.83. The van der Waals surface area contributed by atoms with E-state index < -0.39 is 5.97 Å². The van der Waals surface area contributed by atoms with Crippen molar-refractivity contribution < 1.29 is 23.9 Å². The van der Waals surface area contributed by atoms with Crippen LogP contribution in [0.2, 0.25) is 0 Å². The van der Waals surface area contributed by atoms with Crippen molar-refractivity contribution in [3.8, 4) is 5.75 Å². The molecule has 0 radical (unpaired) electrons. The van der Waals surface area contributed by atoms with Gasteiger partial charge in [0.15, 0.2) is 0 Å². The molecule has 0 aliphatic carbocycles. The Balaban J connectivity index is 1.84. The minimum absolute atomic E-state index is 0.145. The van der Waals surface area contributed by atoms with Crippen molar-refractivity contribution in [2.45, 2.75) is 13.3 Å². The highest BCUT2D eigenvalue weighted by Gasteiger charge is 2.26. The predicted octanol–water partition coefficient (Wildman–Crippen LogP) is 4.29. The summed E-state index contributed by atoms with van der Waals surface area (Å²) in [6.07, 6.45) is 0.145. The lowest BCUT2D eigenvalue weighted by atomic mass is 10.1. The Labute approximate surface area is 184 Å². The Morgan fingerprint density at radius 1 is 0.935 bits per heavy atom. The maximum Gasteiger partial charge on any atom is 0.341 e. The molecule has 31 heavy (non-hydrogen) atoms. The number of esters is 1. The number of methoxy groups -OCH3 is 2. The quantitative estimate of drug-likeness (QED) is 0.537. The first-order valence-corrected chi connectivity index (χ1v) is 10.3. The Morgan fingerprint density at radius 3 is 2.23 bits per heavy atom. The molecule has 0 aliphatic heterocycles. The van der Waals surface area contributed by atoms with Gasteiger partial charge in [0.05, 0.1) is 31.1 Å². The molecule has 3 rings (SSSR count). The molecule has 3 aromatic rings. The number of nitrogens with one attached hydrogen (secondary N) is 2. The van der Waals surface area contributed by atoms with E-state index in [0.29, 0.717) is 21.9 Å². The molecular formula is C23H22N2O5S. The van der Waals surface area contributed by atoms with Crippen LogP contribution in [0, 0.1) is 6.92 Å². The topological polar surface area (TPSA) is 93.7 Å². The summed E-state index contributed by atoms with van der Waals surface area (Å²) in [4.78, 5) is 38.0. The lowest BCUT2D eigenvalue weighted by Crippen LogP contribution is -2.16. The zero-order chi connectivity index (χ0) is 22.4. The SMILES string of the molecule is COC(=O)c1c(NC(=O)Cc2ccccc2)sc(C(=O)Nc2ccc(OC)cc2)c1C. The number of carbonyl (C=O) groups excluding carboxylic acids is 3. The van der Waals surface area contributed by atoms with E-state index in [1.807, 2.05) is 30.3 Å². The van der Waals surface area contributed by atoms with Crippen LogP contribution in [0.3, 0.4) is 0 Å². The standard InChI is InChI=1S/C23H22N2O5S/c1-14-19(23(28)30-3)22(25-18(26)13-15-7-5-4-6-8-15)31-20(14)21(27)24-16-9-11-17(29-2)12-10-16/h4-12H,13H2,1-3H3,(H,24,27)(H,25,26). The van der Waals surface area contributed by atoms with E-state index >= 15 is 0 Å². The molecule has 0 atom stereocenters. The van der Waals surface area contributed by atoms with Crippen LogP contribution < -0.4 is 15.4 Å². The van der Waals surface area contributed by atoms with Gasteiger partial charge in [-0.1, -0.05) is 30.3 Å². The fourth-order valence-corrected chi connectivity index (χ4v) is 4.09. The molecule has 0 aliphatic rings. The van der Waals surface area contributed by atoms with Crippen molar-refractivity contribution in [2.24, 2.45) is 0 Å². The Bertz CT molecular complexity index is 1090. The Hall–Kier alpha value is -3.65. The van der Waals surface area contributed by atoms with Gasteiger partial charge in [-0.15, -0.1) is 11.3 Å². The fourth-order valence-electron chi connectivity index (χ4n) is 2.98. The molecule has 0 unspecified atom stereocenters. The van der Waals surface area contributed by atoms with Crippen molar-refractivity contribution in [1.29, 1.82) is 0 Å². The number of hydrogen-bond acceptors (Lipinski definition) is 6. The molecule has 0 bridgehead atoms. The molecule has 160 valence electrons. The number of hydrogen-bond donors (Lipinski definition) is 2. The third-order valence-corrected chi connectivity index (χ3v) is 5.76. The first kappa shape index (κ1) is 22.0. The van der Waals surface area contributed by atoms with Gasteiger partial charge in [-0.3, -0.25) is 9.59 Å². The number of thiophene rings is 1. The monoisotopic (exact) mass is 438 g/mol. The molecule has 2 N–H and O–H groups in total. The van der Waals surface area contributed by atoms with Crippen LogP contribution in [0.1, 0.15) is 31.2 Å². The van der Waals surface area contributed by atoms with Gasteiger partial charge < -0.3 is 20.1 Å². The van der Waals surface area contributed by atoms with E-state index in [1.165, 1.54) is 7.11 Å². The predicted molar refractivity (Wildman–Crippen MR) is 120 cm³/mol. The summed E-state index contributed by atoms with van der Waals surface area (Å²) < 4.78 is 9.98. The summed E-state index contributed by atoms with van der Waals surface area (Å²) in [5.74, 6) is -0.630. The molecule has 0 fully saturated rings. The van der Waals surface area contributed by atoms with Crippen LogP contribution in [0.25, 0.3) is 0 Å². The zero-order valence-electron chi connectivity index (χ0n) is 17.4. The summed E-state index contributed by atoms with van der Waals surface area (Å²) in [7, 11) is 2.82. The van der Waals surface area contributed by atoms with Crippen molar-refractivity contribution in [3.63, 3.8) is 0 Å². The van der Waals surface area contributed by atoms with Crippen molar-refractivity contribution >= 4 is 39.8 Å². The highest BCUT2D eigenvalue weighted by atomic mass is 32.1. The van der Waals surface area contributed by atoms with Gasteiger partial charge in [0.1, 0.15) is 10.8 Å². The number of anilines is 2. The average Bonchev–Trinajstić information content (AvgIpc) is 3.10. The Morgan fingerprint density at radius 2 is 1.61 bits per heavy atom. The third kappa shape index (κ3) is 5.29. The minimum Gasteiger partial charge on any atom is -0.497 e. The molecule has 2 amide bonds. The fraction of sp³-hybridized carbons (Fsp3) is 0.174. The largest absolute Gasteiger partial charge is 0.497 e. The maximum atomic E-state index is 12.8. The zero-order valence-corrected chi connectivity index (χ0v) is 18.2. The van der Waals surface area contributed by atoms with Crippen LogP contribution in [-0.4, -0.2) is 32.0 Å². The molecule has 7 nitrogen and oxygen atoms in total. The number of carbonyl (C=O) groups is 3. The number of ether oxygens (including phenoxy) is 2. The Kier molecular flexibility index (Phi) is 7.04. The molecule has 1 heterocycles. The van der Waals surface area contributed by atoms with E-state index in [1.54, 1.807) is 38.3 Å². The van der Waals surface area contributed by atoms with E-state index in [-0.39, 0.29) is 28.8 Å². The molecule has 0 saturated heterocycles. The molecule has 2 aromatic carbocycles. The smallest absolute Gasteiger partial charge is 0.341 e. The van der Waals surface area contributed by atoms with E-state index in [2.05, 4.69) is 10.6 Å². The summed E-state index contributed by atoms with van der Waals surface area (Å²) >= 11 is 1.03. The number of benzene rings is 2. The van der Waals surface area contributed by atoms with Gasteiger partial charge in [0, 0.05) is 5.69 Å². The van der Waals surface area contributed by atoms with E-state index in [0.717, 1.165) is 16.9 Å². The third-order valence-electron chi connectivity index (χ3n) is 4.55. The normalized spacial score (nSPS) is 10.3. The minimum atomic E-state index is -0.618. The van der Waals surface area contributed by atoms with Crippen LogP contribution in [-0.2, 0) is 16.0 Å². The highest BCUT2D eigenvalue weighted by Crippen LogP contribution is 2.34. The molecule has 8 heteroatoms. The lowest BCUT2D eigenvalue weighted by Gasteiger charge is -2.06. The van der Waals surface area contributed by atoms with E-state index in [9.17, 15) is 14.4 Å². The second kappa shape index (κ2) is 9.90. The van der Waals surface area contributed by atoms with Gasteiger partial charge >= 0.3 is 5.97 Å². The van der Waals surface area contributed by atoms with Gasteiger partial charge in [-0.25, -0.2) is 4.79 Å². The molecule has 0 saturated carbocycles. The first-order chi connectivity index (χ1) is 14.9. The van der Waals surface area contributed by atoms with Gasteiger partial charge in [-0.2, -0.15) is 0 Å². The van der Waals surface area contributed by atoms with E-state index in [4.69, 9.17) is 9.47 Å². The van der Waals surface area contributed by atoms with Crippen LogP contribution in [0.5, 0.6) is 5.75 Å². The van der Waals surface area contributed by atoms with Crippen molar-refractivity contribution in [2.75, 3.05) is 24.9 Å². The van der Waals surface area contributed by atoms with Crippen LogP contribution >= 0.6 is 11.3 Å². The molecular weight excluding hydrogens is 416 g/mol. The number of amides is 2. The molecule has 0 spiro atoms. The summed E-state index contributed by atoms with van der Waals surface area (Å²) in [6, 6.07) is 16.1. The maximum absolute atomic E-state index is 12.8. The van der Waals surface area contributed by atoms with Gasteiger partial charge in [-0.05, 0) is 42.3 Å². The second-order valence-corrected chi connectivity index (χ2v) is 7.67.